The number of aliphatic imine (C=N–C) groups is 2. The van der Waals surface area contributed by atoms with Crippen LogP contribution in [-0.2, 0) is 14.3 Å². The number of methoxy groups -OCH3 is 1. The number of anilines is 2. The van der Waals surface area contributed by atoms with Crippen molar-refractivity contribution in [2.75, 3.05) is 49.7 Å². The number of carbonyl (C=O) groups is 1. The first-order chi connectivity index (χ1) is 17.5. The lowest BCUT2D eigenvalue weighted by molar-refractivity contribution is -0.129. The smallest absolute Gasteiger partial charge is 0.281 e. The van der Waals surface area contributed by atoms with E-state index in [4.69, 9.17) is 20.9 Å². The number of hydrogen-bond acceptors (Lipinski definition) is 9. The summed E-state index contributed by atoms with van der Waals surface area (Å²) in [5.74, 6) is 0.326. The molecule has 11 nitrogen and oxygen atoms in total. The standard InChI is InChI=1S/C24H32N8O3S/c1-3-35-21(16-6-4-7-18(12-16)32-14-19(15-32)34-2)22(33)29-24(26)36-23(25)28-17-9-11-31(13-17)20-8-5-10-27-30-20/h4-8,10,12,17,19,21H,3,9,11,13-15H2,1-2H3,(H2,25,28)(H2,26,29,33). The summed E-state index contributed by atoms with van der Waals surface area (Å²) in [5.41, 5.74) is 13.9. The summed E-state index contributed by atoms with van der Waals surface area (Å²) in [5, 5.41) is 8.34. The van der Waals surface area contributed by atoms with Crippen LogP contribution in [0.1, 0.15) is 25.0 Å². The van der Waals surface area contributed by atoms with Crippen LogP contribution in [0.2, 0.25) is 0 Å². The van der Waals surface area contributed by atoms with Gasteiger partial charge in [-0.25, -0.2) is 0 Å². The Balaban J connectivity index is 1.37. The number of benzene rings is 1. The van der Waals surface area contributed by atoms with E-state index in [0.717, 1.165) is 54.9 Å². The molecule has 1 aromatic carbocycles. The fourth-order valence-corrected chi connectivity index (χ4v) is 4.73. The summed E-state index contributed by atoms with van der Waals surface area (Å²) in [6.45, 7) is 5.30. The quantitative estimate of drug-likeness (QED) is 0.395. The van der Waals surface area contributed by atoms with E-state index in [1.807, 2.05) is 43.3 Å². The normalized spacial score (nSPS) is 19.9. The molecule has 2 fully saturated rings. The minimum absolute atomic E-state index is 0.00105. The molecular formula is C24H32N8O3S. The first-order valence-corrected chi connectivity index (χ1v) is 12.7. The fourth-order valence-electron chi connectivity index (χ4n) is 4.18. The third kappa shape index (κ3) is 6.50. The van der Waals surface area contributed by atoms with Gasteiger partial charge < -0.3 is 30.7 Å². The Morgan fingerprint density at radius 1 is 1.19 bits per heavy atom. The highest BCUT2D eigenvalue weighted by molar-refractivity contribution is 8.26. The lowest BCUT2D eigenvalue weighted by atomic mass is 10.0. The molecule has 4 rings (SSSR count). The third-order valence-corrected chi connectivity index (χ3v) is 6.68. The zero-order valence-electron chi connectivity index (χ0n) is 20.5. The topological polar surface area (TPSA) is 145 Å². The minimum Gasteiger partial charge on any atom is -0.378 e. The molecule has 1 amide bonds. The van der Waals surface area contributed by atoms with Gasteiger partial charge in [-0.1, -0.05) is 12.1 Å². The van der Waals surface area contributed by atoms with Crippen molar-refractivity contribution in [3.63, 3.8) is 0 Å². The van der Waals surface area contributed by atoms with E-state index >= 15 is 0 Å². The van der Waals surface area contributed by atoms with Crippen LogP contribution in [0.5, 0.6) is 0 Å². The molecule has 2 aliphatic heterocycles. The molecule has 36 heavy (non-hydrogen) atoms. The van der Waals surface area contributed by atoms with Crippen molar-refractivity contribution in [2.24, 2.45) is 21.5 Å². The van der Waals surface area contributed by atoms with Crippen molar-refractivity contribution in [3.8, 4) is 0 Å². The summed E-state index contributed by atoms with van der Waals surface area (Å²) in [4.78, 5) is 25.9. The second-order valence-corrected chi connectivity index (χ2v) is 9.56. The Kier molecular flexibility index (Phi) is 8.73. The van der Waals surface area contributed by atoms with Crippen molar-refractivity contribution >= 4 is 39.5 Å². The van der Waals surface area contributed by atoms with Gasteiger partial charge in [-0.15, -0.1) is 5.10 Å². The van der Waals surface area contributed by atoms with Gasteiger partial charge in [0.1, 0.15) is 0 Å². The van der Waals surface area contributed by atoms with Gasteiger partial charge in [0.25, 0.3) is 5.91 Å². The van der Waals surface area contributed by atoms with E-state index < -0.39 is 12.0 Å². The molecule has 4 N–H and O–H groups in total. The largest absolute Gasteiger partial charge is 0.378 e. The van der Waals surface area contributed by atoms with Crippen LogP contribution in [0.4, 0.5) is 11.5 Å². The van der Waals surface area contributed by atoms with Crippen LogP contribution in [0.15, 0.2) is 52.6 Å². The molecule has 0 saturated carbocycles. The van der Waals surface area contributed by atoms with Crippen LogP contribution in [0, 0.1) is 0 Å². The summed E-state index contributed by atoms with van der Waals surface area (Å²) >= 11 is 0.977. The molecule has 2 aromatic rings. The van der Waals surface area contributed by atoms with Gasteiger partial charge in [0, 0.05) is 51.8 Å². The number of hydrogen-bond donors (Lipinski definition) is 2. The fraction of sp³-hybridized carbons (Fsp3) is 0.458. The number of nitrogens with zero attached hydrogens (tertiary/aromatic N) is 6. The van der Waals surface area contributed by atoms with Gasteiger partial charge in [0.05, 0.1) is 12.1 Å². The molecule has 3 heterocycles. The lowest BCUT2D eigenvalue weighted by Crippen LogP contribution is -2.51. The van der Waals surface area contributed by atoms with Crippen molar-refractivity contribution in [1.29, 1.82) is 0 Å². The van der Waals surface area contributed by atoms with E-state index in [2.05, 4.69) is 30.0 Å². The molecule has 2 unspecified atom stereocenters. The molecule has 0 aliphatic carbocycles. The molecule has 0 bridgehead atoms. The molecule has 2 aliphatic rings. The number of amidine groups is 2. The van der Waals surface area contributed by atoms with E-state index in [9.17, 15) is 4.79 Å². The first-order valence-electron chi connectivity index (χ1n) is 11.9. The highest BCUT2D eigenvalue weighted by Crippen LogP contribution is 2.28. The van der Waals surface area contributed by atoms with Crippen molar-refractivity contribution in [1.82, 2.24) is 10.2 Å². The molecule has 0 spiro atoms. The van der Waals surface area contributed by atoms with E-state index in [1.165, 1.54) is 0 Å². The van der Waals surface area contributed by atoms with Gasteiger partial charge in [-0.05, 0) is 54.9 Å². The maximum atomic E-state index is 13.0. The predicted molar refractivity (Wildman–Crippen MR) is 142 cm³/mol. The number of nitrogens with two attached hydrogens (primary N) is 2. The van der Waals surface area contributed by atoms with Gasteiger partial charge >= 0.3 is 0 Å². The van der Waals surface area contributed by atoms with E-state index in [1.54, 1.807) is 13.3 Å². The third-order valence-electron chi connectivity index (χ3n) is 6.06. The minimum atomic E-state index is -0.859. The van der Waals surface area contributed by atoms with Gasteiger partial charge in [-0.2, -0.15) is 10.1 Å². The Labute approximate surface area is 214 Å². The highest BCUT2D eigenvalue weighted by Gasteiger charge is 2.28. The van der Waals surface area contributed by atoms with E-state index in [-0.39, 0.29) is 22.5 Å². The van der Waals surface area contributed by atoms with Gasteiger partial charge in [0.2, 0.25) is 0 Å². The summed E-state index contributed by atoms with van der Waals surface area (Å²) in [6.07, 6.45) is 1.84. The molecular weight excluding hydrogens is 480 g/mol. The second kappa shape index (κ2) is 12.2. The maximum absolute atomic E-state index is 13.0. The molecule has 12 heteroatoms. The van der Waals surface area contributed by atoms with Crippen molar-refractivity contribution in [2.45, 2.75) is 31.6 Å². The molecule has 1 aromatic heterocycles. The summed E-state index contributed by atoms with van der Waals surface area (Å²) in [7, 11) is 1.71. The predicted octanol–water partition coefficient (Wildman–Crippen LogP) is 1.56. The molecule has 0 radical (unpaired) electrons. The molecule has 2 atom stereocenters. The Morgan fingerprint density at radius 2 is 2.03 bits per heavy atom. The van der Waals surface area contributed by atoms with Crippen LogP contribution < -0.4 is 21.3 Å². The van der Waals surface area contributed by atoms with Crippen LogP contribution in [-0.4, -0.2) is 78.5 Å². The lowest BCUT2D eigenvalue weighted by Gasteiger charge is -2.40. The first kappa shape index (κ1) is 25.9. The maximum Gasteiger partial charge on any atom is 0.281 e. The van der Waals surface area contributed by atoms with Crippen LogP contribution >= 0.6 is 11.8 Å². The number of amides is 1. The van der Waals surface area contributed by atoms with Crippen LogP contribution in [0.3, 0.4) is 0 Å². The Bertz CT molecular complexity index is 1090. The average molecular weight is 513 g/mol. The number of carbonyl (C=O) groups excluding carboxylic acids is 1. The van der Waals surface area contributed by atoms with Gasteiger partial charge in [0.15, 0.2) is 22.3 Å². The highest BCUT2D eigenvalue weighted by atomic mass is 32.2. The Hall–Kier alpha value is -3.22. The summed E-state index contributed by atoms with van der Waals surface area (Å²) in [6, 6.07) is 11.5. The number of aromatic nitrogens is 2. The zero-order chi connectivity index (χ0) is 25.5. The number of ether oxygens (including phenoxy) is 2. The van der Waals surface area contributed by atoms with Gasteiger partial charge in [-0.3, -0.25) is 9.79 Å². The summed E-state index contributed by atoms with van der Waals surface area (Å²) < 4.78 is 11.1. The SMILES string of the molecule is CCOC(C(=O)N=C(N)SC(N)=NC1CCN(c2cccnn2)C1)c1cccc(N2CC(OC)C2)c1. The number of rotatable bonds is 8. The zero-order valence-corrected chi connectivity index (χ0v) is 21.3. The second-order valence-electron chi connectivity index (χ2n) is 8.52. The van der Waals surface area contributed by atoms with E-state index in [0.29, 0.717) is 13.2 Å². The molecule has 2 saturated heterocycles. The van der Waals surface area contributed by atoms with Crippen molar-refractivity contribution < 1.29 is 14.3 Å². The average Bonchev–Trinajstić information content (AvgIpc) is 3.30. The number of thioether (sulfide) groups is 1. The molecule has 192 valence electrons. The van der Waals surface area contributed by atoms with Crippen molar-refractivity contribution in [3.05, 3.63) is 48.2 Å². The Morgan fingerprint density at radius 3 is 2.75 bits per heavy atom. The monoisotopic (exact) mass is 512 g/mol. The van der Waals surface area contributed by atoms with Crippen LogP contribution in [0.25, 0.3) is 0 Å².